The molecule has 2 aromatic rings. The predicted molar refractivity (Wildman–Crippen MR) is 105 cm³/mol. The van der Waals surface area contributed by atoms with Crippen LogP contribution in [0.2, 0.25) is 0 Å². The number of aromatic nitrogens is 2. The average molecular weight is 370 g/mol. The molecule has 0 spiro atoms. The van der Waals surface area contributed by atoms with Crippen molar-refractivity contribution in [2.45, 2.75) is 39.0 Å². The monoisotopic (exact) mass is 370 g/mol. The first-order chi connectivity index (χ1) is 13.1. The van der Waals surface area contributed by atoms with Gasteiger partial charge in [-0.25, -0.2) is 4.68 Å². The van der Waals surface area contributed by atoms with Gasteiger partial charge >= 0.3 is 0 Å². The van der Waals surface area contributed by atoms with Gasteiger partial charge in [0.15, 0.2) is 0 Å². The number of hydrogen-bond acceptors (Lipinski definition) is 5. The molecule has 1 aromatic carbocycles. The Hall–Kier alpha value is -1.73. The van der Waals surface area contributed by atoms with Gasteiger partial charge < -0.3 is 9.84 Å². The third-order valence-corrected chi connectivity index (χ3v) is 5.87. The Kier molecular flexibility index (Phi) is 5.59. The highest BCUT2D eigenvalue weighted by molar-refractivity contribution is 5.48. The molecule has 27 heavy (non-hydrogen) atoms. The first-order valence-electron chi connectivity index (χ1n) is 9.94. The smallest absolute Gasteiger partial charge is 0.0822 e. The first kappa shape index (κ1) is 18.6. The minimum Gasteiger partial charge on any atom is -0.390 e. The molecule has 0 bridgehead atoms. The van der Waals surface area contributed by atoms with Crippen LogP contribution in [0.15, 0.2) is 30.6 Å². The molecule has 3 heterocycles. The zero-order chi connectivity index (χ0) is 18.8. The second kappa shape index (κ2) is 8.10. The van der Waals surface area contributed by atoms with Crippen molar-refractivity contribution in [2.24, 2.45) is 0 Å². The molecular weight excluding hydrogens is 340 g/mol. The molecular formula is C21H30N4O2. The lowest BCUT2D eigenvalue weighted by atomic mass is 9.97. The molecule has 2 aliphatic heterocycles. The quantitative estimate of drug-likeness (QED) is 0.889. The van der Waals surface area contributed by atoms with Crippen molar-refractivity contribution in [3.05, 3.63) is 47.3 Å². The minimum absolute atomic E-state index is 0.259. The van der Waals surface area contributed by atoms with Gasteiger partial charge in [0.25, 0.3) is 0 Å². The fraction of sp³-hybridized carbons (Fsp3) is 0.571. The summed E-state index contributed by atoms with van der Waals surface area (Å²) >= 11 is 0. The molecule has 6 heteroatoms. The molecule has 1 aromatic heterocycles. The molecule has 0 radical (unpaired) electrons. The standard InChI is InChI=1S/C21H30N4O2/c1-16-12-17(2)18(20(13-16)25-6-3-5-22-25)14-23-7-4-19(21(26)15-23)24-8-10-27-11-9-24/h3,5-6,12-13,19,21,26H,4,7-11,14-15H2,1-2H3/t19-,21-/m1/s1. The Labute approximate surface area is 161 Å². The highest BCUT2D eigenvalue weighted by atomic mass is 16.5. The first-order valence-corrected chi connectivity index (χ1v) is 9.94. The fourth-order valence-corrected chi connectivity index (χ4v) is 4.48. The summed E-state index contributed by atoms with van der Waals surface area (Å²) in [6, 6.07) is 6.65. The topological polar surface area (TPSA) is 53.8 Å². The highest BCUT2D eigenvalue weighted by Crippen LogP contribution is 2.25. The van der Waals surface area contributed by atoms with Gasteiger partial charge in [-0.05, 0) is 49.1 Å². The van der Waals surface area contributed by atoms with E-state index < -0.39 is 0 Å². The zero-order valence-corrected chi connectivity index (χ0v) is 16.3. The molecule has 6 nitrogen and oxygen atoms in total. The molecule has 2 atom stereocenters. The third kappa shape index (κ3) is 4.09. The number of ether oxygens (including phenoxy) is 1. The Morgan fingerprint density at radius 2 is 2.00 bits per heavy atom. The lowest BCUT2D eigenvalue weighted by Crippen LogP contribution is -2.56. The number of aliphatic hydroxyl groups is 1. The summed E-state index contributed by atoms with van der Waals surface area (Å²) in [7, 11) is 0. The lowest BCUT2D eigenvalue weighted by Gasteiger charge is -2.43. The van der Waals surface area contributed by atoms with Gasteiger partial charge in [0.05, 0.1) is 25.0 Å². The van der Waals surface area contributed by atoms with E-state index in [1.807, 2.05) is 23.1 Å². The van der Waals surface area contributed by atoms with E-state index in [0.29, 0.717) is 6.54 Å². The maximum absolute atomic E-state index is 10.8. The number of piperidine rings is 1. The molecule has 146 valence electrons. The maximum atomic E-state index is 10.8. The Morgan fingerprint density at radius 1 is 1.19 bits per heavy atom. The SMILES string of the molecule is Cc1cc(C)c(CN2CC[C@@H](N3CCOCC3)[C@H](O)C2)c(-n2cccn2)c1. The summed E-state index contributed by atoms with van der Waals surface area (Å²) in [6.45, 7) is 10.3. The van der Waals surface area contributed by atoms with Crippen LogP contribution in [0.3, 0.4) is 0 Å². The van der Waals surface area contributed by atoms with E-state index in [1.54, 1.807) is 0 Å². The lowest BCUT2D eigenvalue weighted by molar-refractivity contribution is -0.0534. The second-order valence-corrected chi connectivity index (χ2v) is 7.84. The van der Waals surface area contributed by atoms with Gasteiger partial charge in [-0.2, -0.15) is 5.10 Å². The Morgan fingerprint density at radius 3 is 2.70 bits per heavy atom. The summed E-state index contributed by atoms with van der Waals surface area (Å²) in [4.78, 5) is 4.78. The van der Waals surface area contributed by atoms with Crippen molar-refractivity contribution >= 4 is 0 Å². The number of rotatable bonds is 4. The van der Waals surface area contributed by atoms with Crippen LogP contribution in [0.5, 0.6) is 0 Å². The zero-order valence-electron chi connectivity index (χ0n) is 16.3. The van der Waals surface area contributed by atoms with Gasteiger partial charge in [-0.15, -0.1) is 0 Å². The van der Waals surface area contributed by atoms with Gasteiger partial charge in [0.2, 0.25) is 0 Å². The molecule has 2 fully saturated rings. The molecule has 0 aliphatic carbocycles. The van der Waals surface area contributed by atoms with Crippen LogP contribution in [-0.4, -0.2) is 76.2 Å². The molecule has 1 N–H and O–H groups in total. The van der Waals surface area contributed by atoms with E-state index in [9.17, 15) is 5.11 Å². The van der Waals surface area contributed by atoms with E-state index >= 15 is 0 Å². The van der Waals surface area contributed by atoms with Crippen molar-refractivity contribution in [3.8, 4) is 5.69 Å². The number of likely N-dealkylation sites (tertiary alicyclic amines) is 1. The maximum Gasteiger partial charge on any atom is 0.0822 e. The number of morpholine rings is 1. The van der Waals surface area contributed by atoms with Crippen LogP contribution in [0.25, 0.3) is 5.69 Å². The van der Waals surface area contributed by atoms with Crippen LogP contribution >= 0.6 is 0 Å². The van der Waals surface area contributed by atoms with Gasteiger partial charge in [-0.1, -0.05) is 6.07 Å². The van der Waals surface area contributed by atoms with Gasteiger partial charge in [0.1, 0.15) is 0 Å². The third-order valence-electron chi connectivity index (χ3n) is 5.87. The Bertz CT molecular complexity index is 756. The van der Waals surface area contributed by atoms with Crippen molar-refractivity contribution < 1.29 is 9.84 Å². The van der Waals surface area contributed by atoms with E-state index in [-0.39, 0.29) is 12.1 Å². The molecule has 4 rings (SSSR count). The minimum atomic E-state index is -0.309. The summed E-state index contributed by atoms with van der Waals surface area (Å²) in [6.07, 6.45) is 4.51. The van der Waals surface area contributed by atoms with E-state index in [1.165, 1.54) is 16.7 Å². The van der Waals surface area contributed by atoms with Crippen molar-refractivity contribution in [2.75, 3.05) is 39.4 Å². The van der Waals surface area contributed by atoms with Crippen molar-refractivity contribution in [1.29, 1.82) is 0 Å². The number of aryl methyl sites for hydroxylation is 2. The molecule has 2 saturated heterocycles. The number of hydrogen-bond donors (Lipinski definition) is 1. The molecule has 2 aliphatic rings. The van der Waals surface area contributed by atoms with Gasteiger partial charge in [0, 0.05) is 51.2 Å². The van der Waals surface area contributed by atoms with E-state index in [2.05, 4.69) is 40.9 Å². The second-order valence-electron chi connectivity index (χ2n) is 7.84. The van der Waals surface area contributed by atoms with Crippen LogP contribution in [0.4, 0.5) is 0 Å². The molecule has 0 saturated carbocycles. The average Bonchev–Trinajstić information content (AvgIpc) is 3.19. The van der Waals surface area contributed by atoms with Crippen LogP contribution in [0.1, 0.15) is 23.1 Å². The number of nitrogens with zero attached hydrogens (tertiary/aromatic N) is 4. The number of β-amino-alcohol motifs (C(OH)–C–C–N with tert-alkyl or cyclic N) is 1. The van der Waals surface area contributed by atoms with Crippen LogP contribution in [0, 0.1) is 13.8 Å². The number of aliphatic hydroxyl groups excluding tert-OH is 1. The van der Waals surface area contributed by atoms with Crippen molar-refractivity contribution in [1.82, 2.24) is 19.6 Å². The summed E-state index contributed by atoms with van der Waals surface area (Å²) in [5.74, 6) is 0. The van der Waals surface area contributed by atoms with E-state index in [4.69, 9.17) is 4.74 Å². The predicted octanol–water partition coefficient (Wildman–Crippen LogP) is 1.76. The summed E-state index contributed by atoms with van der Waals surface area (Å²) < 4.78 is 7.41. The Balaban J connectivity index is 1.49. The van der Waals surface area contributed by atoms with Crippen molar-refractivity contribution in [3.63, 3.8) is 0 Å². The van der Waals surface area contributed by atoms with Gasteiger partial charge in [-0.3, -0.25) is 9.80 Å². The normalized spacial score (nSPS) is 25.0. The summed E-state index contributed by atoms with van der Waals surface area (Å²) in [5, 5.41) is 15.2. The van der Waals surface area contributed by atoms with Crippen LogP contribution < -0.4 is 0 Å². The highest BCUT2D eigenvalue weighted by Gasteiger charge is 2.33. The fourth-order valence-electron chi connectivity index (χ4n) is 4.48. The molecule has 0 amide bonds. The van der Waals surface area contributed by atoms with E-state index in [0.717, 1.165) is 51.5 Å². The van der Waals surface area contributed by atoms with Crippen LogP contribution in [-0.2, 0) is 11.3 Å². The number of benzene rings is 1. The molecule has 0 unspecified atom stereocenters. The largest absolute Gasteiger partial charge is 0.390 e. The summed E-state index contributed by atoms with van der Waals surface area (Å²) in [5.41, 5.74) is 4.96.